The number of benzene rings is 1. The Labute approximate surface area is 330 Å². The number of aryl methyl sites for hydroxylation is 1. The van der Waals surface area contributed by atoms with E-state index in [1.54, 1.807) is 32.0 Å². The Balaban J connectivity index is 1.76. The smallest absolute Gasteiger partial charge is 0.407 e. The molecule has 16 nitrogen and oxygen atoms in total. The molecular weight excluding hydrogens is 724 g/mol. The van der Waals surface area contributed by atoms with Gasteiger partial charge in [-0.15, -0.1) is 0 Å². The molecule has 3 rings (SSSR count). The second-order valence-corrected chi connectivity index (χ2v) is 16.2. The number of ether oxygens (including phenoxy) is 3. The van der Waals surface area contributed by atoms with E-state index in [1.807, 2.05) is 34.6 Å². The number of carbonyl (C=O) groups excluding carboxylic acids is 7. The Morgan fingerprint density at radius 2 is 1.64 bits per heavy atom. The van der Waals surface area contributed by atoms with E-state index < -0.39 is 83.8 Å². The standard InChI is InChI=1S/C40H62N6O10/c1-9-13-29(34(48)37(51)42-20-31(47)44-32(35(41)49)26-16-24(4)17-27(18-26)54-8)43-36(50)30-19-28(56-40(5,6)7)21-46(30)38(52)33(25-14-11-10-12-15-25)45-39(53)55-22-23(2)3/h16-18,23,25,28-30,32-33H,9-15,19-22H2,1-8H3,(H2,41,49)(H,42,51)(H,43,50)(H,44,47)(H,45,53)/t28-,29?,30+,32?,33+/m1/s1. The van der Waals surface area contributed by atoms with Crippen LogP contribution in [0.4, 0.5) is 4.79 Å². The molecule has 16 heteroatoms. The van der Waals surface area contributed by atoms with Crippen molar-refractivity contribution < 1.29 is 47.8 Å². The fourth-order valence-electron chi connectivity index (χ4n) is 7.14. The maximum atomic E-state index is 14.4. The first kappa shape index (κ1) is 45.7. The molecule has 1 heterocycles. The number of methoxy groups -OCH3 is 1. The molecular formula is C40H62N6O10. The molecule has 1 saturated heterocycles. The van der Waals surface area contributed by atoms with Crippen LogP contribution in [0.1, 0.15) is 110 Å². The number of rotatable bonds is 18. The largest absolute Gasteiger partial charge is 0.497 e. The maximum absolute atomic E-state index is 14.4. The number of alkyl carbamates (subject to hydrolysis) is 1. The molecule has 0 bridgehead atoms. The minimum atomic E-state index is -1.27. The summed E-state index contributed by atoms with van der Waals surface area (Å²) in [4.78, 5) is 94.4. The number of hydrogen-bond donors (Lipinski definition) is 5. The van der Waals surface area contributed by atoms with E-state index in [4.69, 9.17) is 19.9 Å². The summed E-state index contributed by atoms with van der Waals surface area (Å²) in [5, 5.41) is 10.2. The molecule has 1 saturated carbocycles. The first-order valence-corrected chi connectivity index (χ1v) is 19.6. The van der Waals surface area contributed by atoms with Crippen molar-refractivity contribution in [2.45, 2.75) is 136 Å². The fraction of sp³-hybridized carbons (Fsp3) is 0.675. The molecule has 0 aromatic heterocycles. The van der Waals surface area contributed by atoms with Gasteiger partial charge in [-0.25, -0.2) is 4.79 Å². The molecule has 6 N–H and O–H groups in total. The SMILES string of the molecule is CCCC(NC(=O)[C@@H]1C[C@@H](OC(C)(C)C)CN1C(=O)[C@@H](NC(=O)OCC(C)C)C1CCCCC1)C(=O)C(=O)NCC(=O)NC(C(N)=O)c1cc(C)cc(OC)c1. The van der Waals surface area contributed by atoms with Crippen LogP contribution in [0.5, 0.6) is 5.75 Å². The van der Waals surface area contributed by atoms with Crippen molar-refractivity contribution in [1.29, 1.82) is 0 Å². The number of Topliss-reactive ketones (excluding diaryl/α,β-unsaturated/α-hetero) is 1. The lowest BCUT2D eigenvalue weighted by Crippen LogP contribution is -2.58. The highest BCUT2D eigenvalue weighted by Gasteiger charge is 2.46. The molecule has 5 atom stereocenters. The summed E-state index contributed by atoms with van der Waals surface area (Å²) >= 11 is 0. The maximum Gasteiger partial charge on any atom is 0.407 e. The third-order valence-electron chi connectivity index (χ3n) is 9.65. The van der Waals surface area contributed by atoms with Gasteiger partial charge in [0.15, 0.2) is 0 Å². The Kier molecular flexibility index (Phi) is 17.1. The fourth-order valence-corrected chi connectivity index (χ4v) is 7.14. The van der Waals surface area contributed by atoms with E-state index in [9.17, 15) is 33.6 Å². The van der Waals surface area contributed by atoms with Crippen LogP contribution in [0.3, 0.4) is 0 Å². The molecule has 0 spiro atoms. The summed E-state index contributed by atoms with van der Waals surface area (Å²) in [7, 11) is 1.46. The molecule has 2 fully saturated rings. The van der Waals surface area contributed by atoms with Gasteiger partial charge in [0.05, 0.1) is 38.0 Å². The predicted octanol–water partition coefficient (Wildman–Crippen LogP) is 2.73. The van der Waals surface area contributed by atoms with Gasteiger partial charge in [-0.05, 0) is 82.1 Å². The molecule has 312 valence electrons. The summed E-state index contributed by atoms with van der Waals surface area (Å²) in [5.74, 6) is -4.47. The minimum Gasteiger partial charge on any atom is -0.497 e. The number of ketones is 1. The lowest BCUT2D eigenvalue weighted by Gasteiger charge is -2.34. The summed E-state index contributed by atoms with van der Waals surface area (Å²) in [6.45, 7) is 12.6. The molecule has 1 aliphatic heterocycles. The number of hydrogen-bond acceptors (Lipinski definition) is 10. The Bertz CT molecular complexity index is 1570. The summed E-state index contributed by atoms with van der Waals surface area (Å²) in [5.41, 5.74) is 6.10. The van der Waals surface area contributed by atoms with E-state index in [-0.39, 0.29) is 37.8 Å². The molecule has 0 radical (unpaired) electrons. The van der Waals surface area contributed by atoms with Gasteiger partial charge >= 0.3 is 6.09 Å². The van der Waals surface area contributed by atoms with Crippen LogP contribution in [0.25, 0.3) is 0 Å². The van der Waals surface area contributed by atoms with Crippen molar-refractivity contribution in [2.75, 3.05) is 26.8 Å². The molecule has 2 unspecified atom stereocenters. The Morgan fingerprint density at radius 1 is 0.964 bits per heavy atom. The van der Waals surface area contributed by atoms with Crippen LogP contribution in [0, 0.1) is 18.8 Å². The number of nitrogens with one attached hydrogen (secondary N) is 4. The number of nitrogens with two attached hydrogens (primary N) is 1. The van der Waals surface area contributed by atoms with Gasteiger partial charge in [0, 0.05) is 13.0 Å². The molecule has 1 aliphatic carbocycles. The minimum absolute atomic E-state index is 0.0732. The number of likely N-dealkylation sites (tertiary alicyclic amines) is 1. The van der Waals surface area contributed by atoms with Gasteiger partial charge < -0.3 is 46.1 Å². The predicted molar refractivity (Wildman–Crippen MR) is 207 cm³/mol. The quantitative estimate of drug-likeness (QED) is 0.137. The zero-order valence-electron chi connectivity index (χ0n) is 34.2. The van der Waals surface area contributed by atoms with Crippen LogP contribution in [-0.2, 0) is 38.2 Å². The van der Waals surface area contributed by atoms with Gasteiger partial charge in [0.25, 0.3) is 5.91 Å². The lowest BCUT2D eigenvalue weighted by atomic mass is 9.83. The summed E-state index contributed by atoms with van der Waals surface area (Å²) in [6.07, 6.45) is 3.66. The highest BCUT2D eigenvalue weighted by atomic mass is 16.5. The molecule has 56 heavy (non-hydrogen) atoms. The first-order valence-electron chi connectivity index (χ1n) is 19.6. The van der Waals surface area contributed by atoms with E-state index in [0.717, 1.165) is 37.7 Å². The summed E-state index contributed by atoms with van der Waals surface area (Å²) in [6, 6.07) is 0.424. The molecule has 2 aliphatic rings. The van der Waals surface area contributed by atoms with Crippen molar-refractivity contribution in [1.82, 2.24) is 26.2 Å². The lowest BCUT2D eigenvalue weighted by molar-refractivity contribution is -0.143. The number of amides is 6. The van der Waals surface area contributed by atoms with Crippen LogP contribution in [0.15, 0.2) is 18.2 Å². The molecule has 6 amide bonds. The van der Waals surface area contributed by atoms with Crippen LogP contribution in [-0.4, -0.2) is 103 Å². The van der Waals surface area contributed by atoms with Crippen molar-refractivity contribution in [2.24, 2.45) is 17.6 Å². The van der Waals surface area contributed by atoms with Crippen LogP contribution in [0.2, 0.25) is 0 Å². The summed E-state index contributed by atoms with van der Waals surface area (Å²) < 4.78 is 16.8. The average molecular weight is 787 g/mol. The van der Waals surface area contributed by atoms with E-state index in [0.29, 0.717) is 17.7 Å². The Morgan fingerprint density at radius 3 is 2.23 bits per heavy atom. The van der Waals surface area contributed by atoms with Gasteiger partial charge in [0.2, 0.25) is 29.4 Å². The molecule has 1 aromatic carbocycles. The molecule has 1 aromatic rings. The van der Waals surface area contributed by atoms with Gasteiger partial charge in [0.1, 0.15) is 23.9 Å². The zero-order valence-corrected chi connectivity index (χ0v) is 34.2. The van der Waals surface area contributed by atoms with Crippen molar-refractivity contribution in [3.05, 3.63) is 29.3 Å². The average Bonchev–Trinajstić information content (AvgIpc) is 3.55. The topological polar surface area (TPSA) is 225 Å². The number of carbonyl (C=O) groups is 7. The van der Waals surface area contributed by atoms with Gasteiger partial charge in [-0.3, -0.25) is 28.8 Å². The van der Waals surface area contributed by atoms with Crippen molar-refractivity contribution in [3.63, 3.8) is 0 Å². The second-order valence-electron chi connectivity index (χ2n) is 16.2. The van der Waals surface area contributed by atoms with E-state index in [2.05, 4.69) is 21.3 Å². The number of nitrogens with zero attached hydrogens (tertiary/aromatic N) is 1. The highest BCUT2D eigenvalue weighted by molar-refractivity contribution is 6.38. The van der Waals surface area contributed by atoms with Crippen LogP contribution < -0.4 is 31.7 Å². The van der Waals surface area contributed by atoms with Gasteiger partial charge in [-0.2, -0.15) is 0 Å². The van der Waals surface area contributed by atoms with E-state index >= 15 is 0 Å². The third kappa shape index (κ3) is 13.8. The number of primary amides is 1. The van der Waals surface area contributed by atoms with Crippen molar-refractivity contribution in [3.8, 4) is 5.75 Å². The first-order chi connectivity index (χ1) is 26.3. The van der Waals surface area contributed by atoms with Gasteiger partial charge in [-0.1, -0.05) is 52.5 Å². The Hall–Kier alpha value is -4.73. The van der Waals surface area contributed by atoms with Crippen LogP contribution >= 0.6 is 0 Å². The zero-order chi connectivity index (χ0) is 41.7. The normalized spacial score (nSPS) is 19.0. The van der Waals surface area contributed by atoms with Crippen molar-refractivity contribution >= 4 is 41.4 Å². The van der Waals surface area contributed by atoms with E-state index in [1.165, 1.54) is 12.0 Å². The third-order valence-corrected chi connectivity index (χ3v) is 9.65. The monoisotopic (exact) mass is 786 g/mol. The highest BCUT2D eigenvalue weighted by Crippen LogP contribution is 2.31. The second kappa shape index (κ2) is 21.0.